The third kappa shape index (κ3) is 39.3. The lowest BCUT2D eigenvalue weighted by atomic mass is 9.96. The van der Waals surface area contributed by atoms with Crippen molar-refractivity contribution >= 4 is 5.91 Å². The first-order valence-corrected chi connectivity index (χ1v) is 38.3. The summed E-state index contributed by atoms with van der Waals surface area (Å²) in [6, 6.07) is -1.00. The van der Waals surface area contributed by atoms with Gasteiger partial charge in [-0.3, -0.25) is 4.79 Å². The standard InChI is InChI=1S/C78H137NO18/c1-3-5-7-9-11-13-15-17-19-21-23-25-27-29-30-32-33-35-37-39-41-43-45-47-49-51-53-55-62(83)61(79-66(84)56-54-52-50-48-46-44-42-40-38-36-34-31-28-26-24-22-20-18-16-14-12-10-8-6-4-2)60-92-76-72(90)69(87)74(64(58-81)94-76)97-78-73(91)70(88)75(65(59-82)95-78)96-77-71(89)68(86)67(85)63(57-80)93-77/h6,8,12,14,18,20,24,26,31,34,45,47,53,55,61-65,67-78,80-83,85-91H,3-5,7,9-11,13,15-17,19,21-23,25,27-30,32-33,35-44,46,48-52,54,56-60H2,1-2H3,(H,79,84)/b8-6-,14-12-,20-18-,26-24-,34-31-,47-45+,55-53+. The predicted octanol–water partition coefficient (Wildman–Crippen LogP) is 11.8. The lowest BCUT2D eigenvalue weighted by Crippen LogP contribution is -2.66. The molecule has 19 heteroatoms. The van der Waals surface area contributed by atoms with Gasteiger partial charge in [0.1, 0.15) is 73.2 Å². The number of carbonyl (C=O) groups is 1. The molecule has 0 saturated carbocycles. The summed E-state index contributed by atoms with van der Waals surface area (Å²) in [6.07, 6.45) is 49.9. The number of aliphatic hydroxyl groups is 11. The maximum absolute atomic E-state index is 13.5. The molecule has 0 aromatic rings. The molecule has 17 atom stereocenters. The average molecular weight is 1380 g/mol. The van der Waals surface area contributed by atoms with Crippen LogP contribution in [-0.4, -0.2) is 193 Å². The summed E-state index contributed by atoms with van der Waals surface area (Å²) in [5.41, 5.74) is 0. The van der Waals surface area contributed by atoms with Gasteiger partial charge in [0.15, 0.2) is 18.9 Å². The molecule has 0 aromatic heterocycles. The van der Waals surface area contributed by atoms with E-state index in [0.29, 0.717) is 12.8 Å². The number of aliphatic hydroxyl groups excluding tert-OH is 11. The highest BCUT2D eigenvalue weighted by atomic mass is 16.8. The number of ether oxygens (including phenoxy) is 6. The molecule has 19 nitrogen and oxygen atoms in total. The normalized spacial score (nSPS) is 27.4. The minimum atomic E-state index is -1.99. The van der Waals surface area contributed by atoms with Crippen molar-refractivity contribution in [1.29, 1.82) is 0 Å². The first-order chi connectivity index (χ1) is 47.3. The summed E-state index contributed by atoms with van der Waals surface area (Å²) in [7, 11) is 0. The molecule has 562 valence electrons. The summed E-state index contributed by atoms with van der Waals surface area (Å²) in [6.45, 7) is 1.62. The molecule has 3 aliphatic heterocycles. The zero-order chi connectivity index (χ0) is 70.4. The Kier molecular flexibility index (Phi) is 53.2. The van der Waals surface area contributed by atoms with Gasteiger partial charge < -0.3 is 89.9 Å². The van der Waals surface area contributed by atoms with Gasteiger partial charge >= 0.3 is 0 Å². The van der Waals surface area contributed by atoms with E-state index in [1.54, 1.807) is 6.08 Å². The summed E-state index contributed by atoms with van der Waals surface area (Å²) >= 11 is 0. The van der Waals surface area contributed by atoms with Gasteiger partial charge in [0.2, 0.25) is 5.91 Å². The van der Waals surface area contributed by atoms with Gasteiger partial charge in [-0.1, -0.05) is 272 Å². The number of carbonyl (C=O) groups excluding carboxylic acids is 1. The zero-order valence-corrected chi connectivity index (χ0v) is 59.8. The molecule has 3 heterocycles. The highest BCUT2D eigenvalue weighted by Gasteiger charge is 2.53. The van der Waals surface area contributed by atoms with Crippen molar-refractivity contribution in [1.82, 2.24) is 5.32 Å². The van der Waals surface area contributed by atoms with Crippen LogP contribution in [0.25, 0.3) is 0 Å². The third-order valence-corrected chi connectivity index (χ3v) is 18.7. The smallest absolute Gasteiger partial charge is 0.220 e. The maximum atomic E-state index is 13.5. The van der Waals surface area contributed by atoms with E-state index in [1.807, 2.05) is 6.08 Å². The van der Waals surface area contributed by atoms with E-state index in [0.717, 1.165) is 83.5 Å². The van der Waals surface area contributed by atoms with Crippen LogP contribution in [0.3, 0.4) is 0 Å². The molecule has 97 heavy (non-hydrogen) atoms. The first kappa shape index (κ1) is 88.2. The first-order valence-electron chi connectivity index (χ1n) is 38.3. The largest absolute Gasteiger partial charge is 0.394 e. The van der Waals surface area contributed by atoms with Crippen LogP contribution in [0.15, 0.2) is 85.1 Å². The summed E-state index contributed by atoms with van der Waals surface area (Å²) in [5.74, 6) is -0.293. The Morgan fingerprint density at radius 2 is 0.722 bits per heavy atom. The van der Waals surface area contributed by atoms with E-state index >= 15 is 0 Å². The van der Waals surface area contributed by atoms with Crippen LogP contribution in [0.2, 0.25) is 0 Å². The Morgan fingerprint density at radius 1 is 0.381 bits per heavy atom. The molecule has 12 N–H and O–H groups in total. The lowest BCUT2D eigenvalue weighted by molar-refractivity contribution is -0.379. The molecule has 3 fully saturated rings. The second-order valence-electron chi connectivity index (χ2n) is 27.1. The molecule has 3 rings (SSSR count). The molecule has 3 aliphatic rings. The van der Waals surface area contributed by atoms with Gasteiger partial charge in [-0.25, -0.2) is 0 Å². The van der Waals surface area contributed by atoms with Crippen LogP contribution in [0.4, 0.5) is 0 Å². The lowest BCUT2D eigenvalue weighted by Gasteiger charge is -2.48. The maximum Gasteiger partial charge on any atom is 0.220 e. The molecule has 1 amide bonds. The van der Waals surface area contributed by atoms with Crippen molar-refractivity contribution in [2.75, 3.05) is 26.4 Å². The van der Waals surface area contributed by atoms with Crippen LogP contribution in [-0.2, 0) is 33.2 Å². The Bertz CT molecular complexity index is 2080. The number of allylic oxidation sites excluding steroid dienone is 13. The highest BCUT2D eigenvalue weighted by Crippen LogP contribution is 2.33. The van der Waals surface area contributed by atoms with Gasteiger partial charge in [0.05, 0.1) is 38.6 Å². The number of rotatable bonds is 59. The van der Waals surface area contributed by atoms with Crippen molar-refractivity contribution in [3.8, 4) is 0 Å². The van der Waals surface area contributed by atoms with Gasteiger partial charge in [0.25, 0.3) is 0 Å². The van der Waals surface area contributed by atoms with Crippen LogP contribution >= 0.6 is 0 Å². The van der Waals surface area contributed by atoms with Crippen LogP contribution in [0.1, 0.15) is 271 Å². The van der Waals surface area contributed by atoms with Crippen LogP contribution in [0, 0.1) is 0 Å². The number of amides is 1. The molecule has 0 bridgehead atoms. The second-order valence-corrected chi connectivity index (χ2v) is 27.1. The molecule has 3 saturated heterocycles. The van der Waals surface area contributed by atoms with Crippen molar-refractivity contribution in [3.05, 3.63) is 85.1 Å². The fourth-order valence-corrected chi connectivity index (χ4v) is 12.5. The van der Waals surface area contributed by atoms with Gasteiger partial charge in [-0.2, -0.15) is 0 Å². The van der Waals surface area contributed by atoms with Crippen molar-refractivity contribution in [2.45, 2.75) is 375 Å². The minimum Gasteiger partial charge on any atom is -0.394 e. The van der Waals surface area contributed by atoms with Crippen LogP contribution in [0.5, 0.6) is 0 Å². The Hall–Kier alpha value is -3.03. The Labute approximate surface area is 584 Å². The van der Waals surface area contributed by atoms with Gasteiger partial charge in [-0.15, -0.1) is 0 Å². The molecule has 0 spiro atoms. The average Bonchev–Trinajstić information content (AvgIpc) is 0.797. The quantitative estimate of drug-likeness (QED) is 0.0199. The van der Waals surface area contributed by atoms with Crippen molar-refractivity contribution in [2.24, 2.45) is 0 Å². The number of hydrogen-bond acceptors (Lipinski definition) is 18. The highest BCUT2D eigenvalue weighted by molar-refractivity contribution is 5.76. The number of unbranched alkanes of at least 4 members (excludes halogenated alkanes) is 31. The molecular weight excluding hydrogens is 1240 g/mol. The summed E-state index contributed by atoms with van der Waals surface area (Å²) in [5, 5.41) is 121. The zero-order valence-electron chi connectivity index (χ0n) is 59.8. The van der Waals surface area contributed by atoms with Crippen molar-refractivity contribution < 1.29 is 89.4 Å². The van der Waals surface area contributed by atoms with Gasteiger partial charge in [-0.05, 0) is 77.0 Å². The van der Waals surface area contributed by atoms with Crippen LogP contribution < -0.4 is 5.32 Å². The Balaban J connectivity index is 1.42. The number of hydrogen-bond donors (Lipinski definition) is 12. The fraction of sp³-hybridized carbons (Fsp3) is 0.808. The fourth-order valence-electron chi connectivity index (χ4n) is 12.5. The second kappa shape index (κ2) is 58.5. The van der Waals surface area contributed by atoms with Gasteiger partial charge in [0, 0.05) is 6.42 Å². The van der Waals surface area contributed by atoms with E-state index in [9.17, 15) is 61.0 Å². The molecule has 0 radical (unpaired) electrons. The van der Waals surface area contributed by atoms with Crippen molar-refractivity contribution in [3.63, 3.8) is 0 Å². The Morgan fingerprint density at radius 3 is 1.15 bits per heavy atom. The SMILES string of the molecule is CC/C=C\C/C=C\C/C=C\C/C=C\C/C=C\CCCCCCCCCCCC(=O)NC(COC1OC(CO)C(OC2OC(CO)C(OC3OC(CO)C(O)C(O)C3O)C(O)C2O)C(O)C1O)C(O)/C=C/CC/C=C/CCCCCCCCCCCCCCCCCCCCCCC. The van der Waals surface area contributed by atoms with E-state index in [4.69, 9.17) is 28.4 Å². The van der Waals surface area contributed by atoms with E-state index in [-0.39, 0.29) is 18.9 Å². The molecular formula is C78H137NO18. The van der Waals surface area contributed by atoms with E-state index in [2.05, 4.69) is 92.1 Å². The number of nitrogens with one attached hydrogen (secondary N) is 1. The molecule has 17 unspecified atom stereocenters. The summed E-state index contributed by atoms with van der Waals surface area (Å²) in [4.78, 5) is 13.5. The van der Waals surface area contributed by atoms with E-state index in [1.165, 1.54) is 154 Å². The monoisotopic (exact) mass is 1380 g/mol. The van der Waals surface area contributed by atoms with E-state index < -0.39 is 124 Å². The molecule has 0 aromatic carbocycles. The topological polar surface area (TPSA) is 307 Å². The third-order valence-electron chi connectivity index (χ3n) is 18.7. The minimum absolute atomic E-state index is 0.224. The predicted molar refractivity (Wildman–Crippen MR) is 383 cm³/mol. The summed E-state index contributed by atoms with van der Waals surface area (Å²) < 4.78 is 34.4. The molecule has 0 aliphatic carbocycles.